The number of anilines is 1. The lowest BCUT2D eigenvalue weighted by atomic mass is 9.97. The first-order valence-corrected chi connectivity index (χ1v) is 9.16. The predicted octanol–water partition coefficient (Wildman–Crippen LogP) is 4.55. The van der Waals surface area contributed by atoms with Crippen LogP contribution in [0, 0.1) is 0 Å². The van der Waals surface area contributed by atoms with Gasteiger partial charge in [-0.15, -0.1) is 0 Å². The van der Waals surface area contributed by atoms with Crippen molar-refractivity contribution in [2.75, 3.05) is 19.5 Å². The van der Waals surface area contributed by atoms with Gasteiger partial charge in [-0.3, -0.25) is 9.97 Å². The predicted molar refractivity (Wildman–Crippen MR) is 113 cm³/mol. The average Bonchev–Trinajstić information content (AvgIpc) is 2.78. The highest BCUT2D eigenvalue weighted by Crippen LogP contribution is 2.37. The highest BCUT2D eigenvalue weighted by atomic mass is 16.5. The van der Waals surface area contributed by atoms with Crippen LogP contribution < -0.4 is 14.8 Å². The van der Waals surface area contributed by atoms with Crippen molar-refractivity contribution < 1.29 is 14.6 Å². The van der Waals surface area contributed by atoms with Gasteiger partial charge in [-0.05, 0) is 29.8 Å². The van der Waals surface area contributed by atoms with Gasteiger partial charge in [0.1, 0.15) is 11.3 Å². The standard InChI is InChI=1S/C23H21N3O3/c1-28-19-10-8-17(13-20(19)29-2)26-21(16-6-3-11-24-14-16)18-9-7-15-5-4-12-25-22(15)23(18)27/h3-14,21,26-27H,1-2H3. The molecule has 0 spiro atoms. The Morgan fingerprint density at radius 1 is 0.931 bits per heavy atom. The minimum Gasteiger partial charge on any atom is -0.505 e. The van der Waals surface area contributed by atoms with Gasteiger partial charge in [0.2, 0.25) is 0 Å². The van der Waals surface area contributed by atoms with Crippen molar-refractivity contribution in [3.8, 4) is 17.2 Å². The Morgan fingerprint density at radius 3 is 2.52 bits per heavy atom. The van der Waals surface area contributed by atoms with Crippen molar-refractivity contribution >= 4 is 16.6 Å². The van der Waals surface area contributed by atoms with E-state index in [0.717, 1.165) is 16.6 Å². The number of pyridine rings is 2. The van der Waals surface area contributed by atoms with Crippen molar-refractivity contribution in [1.29, 1.82) is 0 Å². The van der Waals surface area contributed by atoms with Gasteiger partial charge in [-0.2, -0.15) is 0 Å². The average molecular weight is 387 g/mol. The highest BCUT2D eigenvalue weighted by Gasteiger charge is 2.20. The molecule has 0 bridgehead atoms. The summed E-state index contributed by atoms with van der Waals surface area (Å²) in [6.45, 7) is 0. The highest BCUT2D eigenvalue weighted by molar-refractivity contribution is 5.86. The molecule has 0 radical (unpaired) electrons. The minimum atomic E-state index is -0.340. The monoisotopic (exact) mass is 387 g/mol. The second-order valence-corrected chi connectivity index (χ2v) is 6.51. The number of benzene rings is 2. The Hall–Kier alpha value is -3.80. The number of phenols is 1. The Labute approximate surface area is 168 Å². The van der Waals surface area contributed by atoms with Crippen LogP contribution in [-0.2, 0) is 0 Å². The molecule has 2 N–H and O–H groups in total. The van der Waals surface area contributed by atoms with Crippen LogP contribution in [0.25, 0.3) is 10.9 Å². The van der Waals surface area contributed by atoms with E-state index in [9.17, 15) is 5.11 Å². The summed E-state index contributed by atoms with van der Waals surface area (Å²) in [7, 11) is 3.20. The fourth-order valence-corrected chi connectivity index (χ4v) is 3.36. The molecular weight excluding hydrogens is 366 g/mol. The van der Waals surface area contributed by atoms with Crippen molar-refractivity contribution in [3.63, 3.8) is 0 Å². The second-order valence-electron chi connectivity index (χ2n) is 6.51. The van der Waals surface area contributed by atoms with Gasteiger partial charge in [-0.25, -0.2) is 0 Å². The van der Waals surface area contributed by atoms with E-state index in [-0.39, 0.29) is 11.8 Å². The molecule has 0 aliphatic rings. The maximum Gasteiger partial charge on any atom is 0.162 e. The summed E-state index contributed by atoms with van der Waals surface area (Å²) >= 11 is 0. The molecule has 29 heavy (non-hydrogen) atoms. The zero-order chi connectivity index (χ0) is 20.2. The number of hydrogen-bond donors (Lipinski definition) is 2. The summed E-state index contributed by atoms with van der Waals surface area (Å²) in [4.78, 5) is 8.59. The van der Waals surface area contributed by atoms with Crippen LogP contribution in [0.4, 0.5) is 5.69 Å². The molecule has 0 aliphatic heterocycles. The molecule has 2 aromatic carbocycles. The summed E-state index contributed by atoms with van der Waals surface area (Å²) in [6, 6.07) is 16.7. The number of aromatic nitrogens is 2. The topological polar surface area (TPSA) is 76.5 Å². The van der Waals surface area contributed by atoms with E-state index in [1.807, 2.05) is 54.6 Å². The van der Waals surface area contributed by atoms with E-state index in [4.69, 9.17) is 9.47 Å². The molecule has 0 saturated carbocycles. The number of phenolic OH excluding ortho intramolecular Hbond substituents is 1. The molecule has 4 aromatic rings. The van der Waals surface area contributed by atoms with E-state index in [2.05, 4.69) is 15.3 Å². The number of nitrogens with zero attached hydrogens (tertiary/aromatic N) is 2. The van der Waals surface area contributed by atoms with Gasteiger partial charge in [0.15, 0.2) is 11.5 Å². The van der Waals surface area contributed by atoms with Crippen molar-refractivity contribution in [2.45, 2.75) is 6.04 Å². The normalized spacial score (nSPS) is 11.8. The number of ether oxygens (including phenoxy) is 2. The van der Waals surface area contributed by atoms with Crippen LogP contribution in [0.15, 0.2) is 73.2 Å². The lowest BCUT2D eigenvalue weighted by molar-refractivity contribution is 0.355. The summed E-state index contributed by atoms with van der Waals surface area (Å²) in [5, 5.41) is 15.3. The maximum absolute atomic E-state index is 11.0. The number of hydrogen-bond acceptors (Lipinski definition) is 6. The van der Waals surface area contributed by atoms with Gasteiger partial charge < -0.3 is 19.9 Å². The van der Waals surface area contributed by atoms with Crippen molar-refractivity contribution in [3.05, 3.63) is 84.3 Å². The number of aromatic hydroxyl groups is 1. The molecule has 1 unspecified atom stereocenters. The van der Waals surface area contributed by atoms with Crippen LogP contribution in [0.2, 0.25) is 0 Å². The smallest absolute Gasteiger partial charge is 0.162 e. The lowest BCUT2D eigenvalue weighted by Crippen LogP contribution is -2.13. The Bertz CT molecular complexity index is 1130. The van der Waals surface area contributed by atoms with Crippen molar-refractivity contribution in [1.82, 2.24) is 9.97 Å². The van der Waals surface area contributed by atoms with Gasteiger partial charge in [0.05, 0.1) is 20.3 Å². The van der Waals surface area contributed by atoms with Crippen LogP contribution >= 0.6 is 0 Å². The zero-order valence-electron chi connectivity index (χ0n) is 16.2. The maximum atomic E-state index is 11.0. The van der Waals surface area contributed by atoms with Crippen LogP contribution in [0.3, 0.4) is 0 Å². The largest absolute Gasteiger partial charge is 0.505 e. The van der Waals surface area contributed by atoms with E-state index in [1.165, 1.54) is 0 Å². The van der Waals surface area contributed by atoms with E-state index in [0.29, 0.717) is 22.6 Å². The van der Waals surface area contributed by atoms with Gasteiger partial charge in [0, 0.05) is 41.3 Å². The molecule has 0 fully saturated rings. The molecule has 0 aliphatic carbocycles. The molecule has 6 heteroatoms. The zero-order valence-corrected chi connectivity index (χ0v) is 16.2. The third-order valence-electron chi connectivity index (χ3n) is 4.80. The number of methoxy groups -OCH3 is 2. The SMILES string of the molecule is COc1ccc(NC(c2cccnc2)c2ccc3cccnc3c2O)cc1OC. The van der Waals surface area contributed by atoms with E-state index in [1.54, 1.807) is 32.8 Å². The fourth-order valence-electron chi connectivity index (χ4n) is 3.36. The quantitative estimate of drug-likeness (QED) is 0.505. The minimum absolute atomic E-state index is 0.143. The van der Waals surface area contributed by atoms with Crippen LogP contribution in [0.1, 0.15) is 17.2 Å². The summed E-state index contributed by atoms with van der Waals surface area (Å²) < 4.78 is 10.7. The first kappa shape index (κ1) is 18.6. The molecule has 4 rings (SSSR count). The number of nitrogens with one attached hydrogen (secondary N) is 1. The van der Waals surface area contributed by atoms with Gasteiger partial charge >= 0.3 is 0 Å². The number of fused-ring (bicyclic) bond motifs is 1. The molecule has 0 saturated heterocycles. The van der Waals surface area contributed by atoms with Crippen LogP contribution in [-0.4, -0.2) is 29.3 Å². The third kappa shape index (κ3) is 3.65. The molecule has 2 aromatic heterocycles. The first-order valence-electron chi connectivity index (χ1n) is 9.16. The summed E-state index contributed by atoms with van der Waals surface area (Å²) in [5.41, 5.74) is 3.00. The second kappa shape index (κ2) is 8.06. The van der Waals surface area contributed by atoms with Gasteiger partial charge in [-0.1, -0.05) is 24.3 Å². The third-order valence-corrected chi connectivity index (χ3v) is 4.80. The first-order chi connectivity index (χ1) is 14.2. The fraction of sp³-hybridized carbons (Fsp3) is 0.130. The lowest BCUT2D eigenvalue weighted by Gasteiger charge is -2.23. The van der Waals surface area contributed by atoms with Crippen molar-refractivity contribution in [2.24, 2.45) is 0 Å². The molecule has 2 heterocycles. The van der Waals surface area contributed by atoms with Gasteiger partial charge in [0.25, 0.3) is 0 Å². The molecular formula is C23H21N3O3. The number of rotatable bonds is 6. The Morgan fingerprint density at radius 2 is 1.76 bits per heavy atom. The Balaban J connectivity index is 1.81. The van der Waals surface area contributed by atoms with Crippen LogP contribution in [0.5, 0.6) is 17.2 Å². The Kier molecular flexibility index (Phi) is 5.16. The van der Waals surface area contributed by atoms with E-state index >= 15 is 0 Å². The summed E-state index contributed by atoms with van der Waals surface area (Å²) in [5.74, 6) is 1.41. The van der Waals surface area contributed by atoms with E-state index < -0.39 is 0 Å². The molecule has 146 valence electrons. The molecule has 6 nitrogen and oxygen atoms in total. The molecule has 0 amide bonds. The molecule has 1 atom stereocenters. The summed E-state index contributed by atoms with van der Waals surface area (Å²) in [6.07, 6.45) is 5.17.